The molecule has 26 heavy (non-hydrogen) atoms. The van der Waals surface area contributed by atoms with Crippen LogP contribution in [0.5, 0.6) is 0 Å². The van der Waals surface area contributed by atoms with E-state index in [-0.39, 0.29) is 17.9 Å². The lowest BCUT2D eigenvalue weighted by Gasteiger charge is -2.19. The Morgan fingerprint density at radius 3 is 2.62 bits per heavy atom. The van der Waals surface area contributed by atoms with Gasteiger partial charge in [-0.3, -0.25) is 9.59 Å². The maximum atomic E-state index is 12.7. The fraction of sp³-hybridized carbons (Fsp3) is 0.526. The van der Waals surface area contributed by atoms with Crippen LogP contribution in [0.15, 0.2) is 18.2 Å². The molecule has 0 spiro atoms. The van der Waals surface area contributed by atoms with Gasteiger partial charge >= 0.3 is 5.97 Å². The van der Waals surface area contributed by atoms with Crippen molar-refractivity contribution in [1.82, 2.24) is 10.6 Å². The number of benzene rings is 1. The molecule has 1 heterocycles. The zero-order valence-electron chi connectivity index (χ0n) is 15.5. The molecule has 0 bridgehead atoms. The average molecular weight is 361 g/mol. The molecule has 1 aliphatic heterocycles. The Hall–Kier alpha value is -2.41. The van der Waals surface area contributed by atoms with Crippen LogP contribution in [0.3, 0.4) is 0 Å². The van der Waals surface area contributed by atoms with E-state index in [1.54, 1.807) is 25.1 Å². The highest BCUT2D eigenvalue weighted by atomic mass is 16.4. The number of anilines is 1. The highest BCUT2D eigenvalue weighted by Crippen LogP contribution is 2.21. The summed E-state index contributed by atoms with van der Waals surface area (Å²) >= 11 is 0. The number of amides is 2. The maximum Gasteiger partial charge on any atom is 0.326 e. The molecule has 0 saturated carbocycles. The highest BCUT2D eigenvalue weighted by Gasteiger charge is 2.26. The summed E-state index contributed by atoms with van der Waals surface area (Å²) in [7, 11) is 0. The largest absolute Gasteiger partial charge is 0.480 e. The maximum absolute atomic E-state index is 12.7. The second kappa shape index (κ2) is 8.80. The smallest absolute Gasteiger partial charge is 0.326 e. The van der Waals surface area contributed by atoms with Crippen molar-refractivity contribution in [2.75, 3.05) is 11.9 Å². The molecule has 7 heteroatoms. The van der Waals surface area contributed by atoms with E-state index < -0.39 is 17.9 Å². The summed E-state index contributed by atoms with van der Waals surface area (Å²) in [6.45, 7) is 6.36. The Morgan fingerprint density at radius 2 is 2.04 bits per heavy atom. The predicted molar refractivity (Wildman–Crippen MR) is 99.2 cm³/mol. The Morgan fingerprint density at radius 1 is 1.31 bits per heavy atom. The average Bonchev–Trinajstić information content (AvgIpc) is 3.08. The lowest BCUT2D eigenvalue weighted by Crippen LogP contribution is -2.42. The van der Waals surface area contributed by atoms with Crippen molar-refractivity contribution in [2.45, 2.75) is 52.1 Å². The molecular formula is C19H27N3O4. The number of carbonyl (C=O) groups excluding carboxylic acids is 2. The fourth-order valence-corrected chi connectivity index (χ4v) is 3.12. The molecule has 0 radical (unpaired) electrons. The summed E-state index contributed by atoms with van der Waals surface area (Å²) in [4.78, 5) is 36.6. The summed E-state index contributed by atoms with van der Waals surface area (Å²) in [6, 6.07) is 3.94. The quantitative estimate of drug-likeness (QED) is 0.593. The topological polar surface area (TPSA) is 108 Å². The van der Waals surface area contributed by atoms with Crippen LogP contribution in [0.4, 0.5) is 5.69 Å². The van der Waals surface area contributed by atoms with E-state index in [1.807, 2.05) is 13.8 Å². The van der Waals surface area contributed by atoms with Gasteiger partial charge in [0.1, 0.15) is 6.04 Å². The van der Waals surface area contributed by atoms with Crippen LogP contribution in [0.2, 0.25) is 0 Å². The first-order valence-electron chi connectivity index (χ1n) is 8.97. The molecule has 2 rings (SSSR count). The standard InChI is InChI=1S/C19H27N3O4/c1-11(2)10-15(19(25)26)22-18(24)16-12(3)6-4-7-13(16)21-17(23)14-8-5-9-20-14/h4,6-7,11,14-15,20H,5,8-10H2,1-3H3,(H,21,23)(H,22,24)(H,25,26)/t14-,15-/m0/s1. The summed E-state index contributed by atoms with van der Waals surface area (Å²) in [5, 5.41) is 17.9. The van der Waals surface area contributed by atoms with Crippen LogP contribution in [0, 0.1) is 12.8 Å². The SMILES string of the molecule is Cc1cccc(NC(=O)[C@@H]2CCCN2)c1C(=O)N[C@@H](CC(C)C)C(=O)O. The molecule has 0 unspecified atom stereocenters. The monoisotopic (exact) mass is 361 g/mol. The van der Waals surface area contributed by atoms with Crippen LogP contribution in [-0.2, 0) is 9.59 Å². The molecule has 2 atom stereocenters. The van der Waals surface area contributed by atoms with Gasteiger partial charge in [0, 0.05) is 0 Å². The third-order valence-corrected chi connectivity index (χ3v) is 4.45. The summed E-state index contributed by atoms with van der Waals surface area (Å²) in [6.07, 6.45) is 2.03. The van der Waals surface area contributed by atoms with Gasteiger partial charge in [-0.05, 0) is 50.3 Å². The minimum atomic E-state index is -1.07. The normalized spacial score (nSPS) is 17.8. The van der Waals surface area contributed by atoms with Crippen molar-refractivity contribution in [2.24, 2.45) is 5.92 Å². The number of nitrogens with one attached hydrogen (secondary N) is 3. The number of aliphatic carboxylic acids is 1. The van der Waals surface area contributed by atoms with Crippen molar-refractivity contribution in [3.63, 3.8) is 0 Å². The zero-order valence-corrected chi connectivity index (χ0v) is 15.5. The van der Waals surface area contributed by atoms with E-state index in [0.717, 1.165) is 19.4 Å². The number of hydrogen-bond acceptors (Lipinski definition) is 4. The Balaban J connectivity index is 2.20. The molecule has 1 aromatic rings. The van der Waals surface area contributed by atoms with Gasteiger partial charge in [-0.25, -0.2) is 4.79 Å². The Kier molecular flexibility index (Phi) is 6.74. The molecule has 1 fully saturated rings. The number of rotatable bonds is 7. The van der Waals surface area contributed by atoms with Crippen LogP contribution >= 0.6 is 0 Å². The first-order chi connectivity index (χ1) is 12.3. The van der Waals surface area contributed by atoms with Gasteiger partial charge in [0.25, 0.3) is 5.91 Å². The Bertz CT molecular complexity index is 681. The number of carboxylic acids is 1. The van der Waals surface area contributed by atoms with Crippen molar-refractivity contribution in [1.29, 1.82) is 0 Å². The predicted octanol–water partition coefficient (Wildman–Crippen LogP) is 1.91. The van der Waals surface area contributed by atoms with Crippen molar-refractivity contribution in [3.05, 3.63) is 29.3 Å². The summed E-state index contributed by atoms with van der Waals surface area (Å²) in [5.74, 6) is -1.62. The molecule has 4 N–H and O–H groups in total. The highest BCUT2D eigenvalue weighted by molar-refractivity contribution is 6.06. The second-order valence-corrected chi connectivity index (χ2v) is 7.13. The summed E-state index contributed by atoms with van der Waals surface area (Å²) in [5.41, 5.74) is 1.37. The fourth-order valence-electron chi connectivity index (χ4n) is 3.12. The molecule has 1 aromatic carbocycles. The van der Waals surface area contributed by atoms with Crippen LogP contribution in [-0.4, -0.2) is 41.5 Å². The van der Waals surface area contributed by atoms with E-state index in [1.165, 1.54) is 0 Å². The van der Waals surface area contributed by atoms with E-state index >= 15 is 0 Å². The van der Waals surface area contributed by atoms with Gasteiger partial charge in [-0.1, -0.05) is 26.0 Å². The van der Waals surface area contributed by atoms with E-state index in [0.29, 0.717) is 23.2 Å². The van der Waals surface area contributed by atoms with Gasteiger partial charge in [0.2, 0.25) is 5.91 Å². The second-order valence-electron chi connectivity index (χ2n) is 7.13. The number of hydrogen-bond donors (Lipinski definition) is 4. The molecule has 142 valence electrons. The van der Waals surface area contributed by atoms with Crippen molar-refractivity contribution in [3.8, 4) is 0 Å². The molecular weight excluding hydrogens is 334 g/mol. The van der Waals surface area contributed by atoms with E-state index in [2.05, 4.69) is 16.0 Å². The number of aryl methyl sites for hydroxylation is 1. The van der Waals surface area contributed by atoms with Crippen molar-refractivity contribution >= 4 is 23.5 Å². The van der Waals surface area contributed by atoms with Crippen LogP contribution in [0.1, 0.15) is 49.0 Å². The summed E-state index contributed by atoms with van der Waals surface area (Å²) < 4.78 is 0. The van der Waals surface area contributed by atoms with E-state index in [4.69, 9.17) is 0 Å². The first-order valence-corrected chi connectivity index (χ1v) is 8.97. The van der Waals surface area contributed by atoms with Gasteiger partial charge in [-0.15, -0.1) is 0 Å². The molecule has 2 amide bonds. The minimum absolute atomic E-state index is 0.126. The molecule has 0 aliphatic carbocycles. The first kappa shape index (κ1) is 19.9. The molecule has 1 aliphatic rings. The number of carbonyl (C=O) groups is 3. The lowest BCUT2D eigenvalue weighted by molar-refractivity contribution is -0.139. The van der Waals surface area contributed by atoms with Gasteiger partial charge in [-0.2, -0.15) is 0 Å². The minimum Gasteiger partial charge on any atom is -0.480 e. The van der Waals surface area contributed by atoms with Gasteiger partial charge < -0.3 is 21.1 Å². The third kappa shape index (κ3) is 5.05. The van der Waals surface area contributed by atoms with Gasteiger partial charge in [0.05, 0.1) is 17.3 Å². The molecule has 1 saturated heterocycles. The van der Waals surface area contributed by atoms with Crippen molar-refractivity contribution < 1.29 is 19.5 Å². The van der Waals surface area contributed by atoms with Crippen LogP contribution in [0.25, 0.3) is 0 Å². The zero-order chi connectivity index (χ0) is 19.3. The number of carboxylic acid groups (broad SMARTS) is 1. The van der Waals surface area contributed by atoms with E-state index in [9.17, 15) is 19.5 Å². The van der Waals surface area contributed by atoms with Gasteiger partial charge in [0.15, 0.2) is 0 Å². The lowest BCUT2D eigenvalue weighted by atomic mass is 10.0. The molecule has 7 nitrogen and oxygen atoms in total. The Labute approximate surface area is 153 Å². The third-order valence-electron chi connectivity index (χ3n) is 4.45. The molecule has 0 aromatic heterocycles. The van der Waals surface area contributed by atoms with Crippen LogP contribution < -0.4 is 16.0 Å².